The van der Waals surface area contributed by atoms with Crippen molar-refractivity contribution in [3.63, 3.8) is 0 Å². The summed E-state index contributed by atoms with van der Waals surface area (Å²) in [5.41, 5.74) is -0.144. The topological polar surface area (TPSA) is 78.4 Å². The lowest BCUT2D eigenvalue weighted by molar-refractivity contribution is -0.141. The van der Waals surface area contributed by atoms with Crippen molar-refractivity contribution in [3.05, 3.63) is 0 Å². The first-order chi connectivity index (χ1) is 8.96. The van der Waals surface area contributed by atoms with Crippen molar-refractivity contribution in [2.45, 2.75) is 70.9 Å². The van der Waals surface area contributed by atoms with E-state index in [9.17, 15) is 9.59 Å². The van der Waals surface area contributed by atoms with E-state index in [1.54, 1.807) is 0 Å². The summed E-state index contributed by atoms with van der Waals surface area (Å²) in [7, 11) is 0. The fourth-order valence-electron chi connectivity index (χ4n) is 2.81. The lowest BCUT2D eigenvalue weighted by Gasteiger charge is -2.32. The maximum atomic E-state index is 12.0. The van der Waals surface area contributed by atoms with E-state index in [1.807, 2.05) is 0 Å². The molecule has 3 N–H and O–H groups in total. The average Bonchev–Trinajstić information content (AvgIpc) is 2.84. The maximum absolute atomic E-state index is 12.0. The lowest BCUT2D eigenvalue weighted by Crippen LogP contribution is -2.53. The Morgan fingerprint density at radius 2 is 1.74 bits per heavy atom. The van der Waals surface area contributed by atoms with Crippen molar-refractivity contribution in [2.24, 2.45) is 5.92 Å². The largest absolute Gasteiger partial charge is 0.481 e. The van der Waals surface area contributed by atoms with Crippen LogP contribution in [0.25, 0.3) is 0 Å². The molecular weight excluding hydrogens is 244 g/mol. The molecule has 19 heavy (non-hydrogen) atoms. The second-order valence-electron chi connectivity index (χ2n) is 5.48. The Labute approximate surface area is 115 Å². The molecule has 5 heteroatoms. The van der Waals surface area contributed by atoms with Gasteiger partial charge in [-0.3, -0.25) is 4.79 Å². The van der Waals surface area contributed by atoms with Gasteiger partial charge < -0.3 is 15.7 Å². The van der Waals surface area contributed by atoms with Crippen LogP contribution < -0.4 is 10.6 Å². The fraction of sp³-hybridized carbons (Fsp3) is 0.857. The average molecular weight is 270 g/mol. The smallest absolute Gasteiger partial charge is 0.315 e. The summed E-state index contributed by atoms with van der Waals surface area (Å²) in [5, 5.41) is 14.9. The van der Waals surface area contributed by atoms with Gasteiger partial charge in [0.2, 0.25) is 0 Å². The van der Waals surface area contributed by atoms with E-state index in [1.165, 1.54) is 0 Å². The van der Waals surface area contributed by atoms with E-state index in [0.29, 0.717) is 12.8 Å². The van der Waals surface area contributed by atoms with Crippen molar-refractivity contribution in [2.75, 3.05) is 0 Å². The molecule has 1 aliphatic rings. The number of urea groups is 1. The van der Waals surface area contributed by atoms with Gasteiger partial charge in [0.1, 0.15) is 0 Å². The number of nitrogens with one attached hydrogen (secondary N) is 2. The van der Waals surface area contributed by atoms with Gasteiger partial charge in [-0.1, -0.05) is 20.8 Å². The van der Waals surface area contributed by atoms with Gasteiger partial charge in [-0.2, -0.15) is 0 Å². The van der Waals surface area contributed by atoms with Crippen molar-refractivity contribution >= 4 is 12.0 Å². The van der Waals surface area contributed by atoms with Gasteiger partial charge in [-0.25, -0.2) is 4.79 Å². The SMILES string of the molecule is CCC(CC)(CC)NC(=O)N[C@H]1CC[C@@H](C(=O)O)C1. The highest BCUT2D eigenvalue weighted by atomic mass is 16.4. The number of rotatable bonds is 6. The predicted molar refractivity (Wildman–Crippen MR) is 74.0 cm³/mol. The van der Waals surface area contributed by atoms with Crippen molar-refractivity contribution in [3.8, 4) is 0 Å². The van der Waals surface area contributed by atoms with Crippen molar-refractivity contribution < 1.29 is 14.7 Å². The highest BCUT2D eigenvalue weighted by Crippen LogP contribution is 2.26. The third-order valence-electron chi connectivity index (χ3n) is 4.53. The third kappa shape index (κ3) is 4.11. The number of carboxylic acid groups (broad SMARTS) is 1. The molecule has 0 radical (unpaired) electrons. The summed E-state index contributed by atoms with van der Waals surface area (Å²) in [6, 6.07) is -0.175. The van der Waals surface area contributed by atoms with Gasteiger partial charge in [-0.05, 0) is 38.5 Å². The highest BCUT2D eigenvalue weighted by Gasteiger charge is 2.32. The molecule has 0 aromatic rings. The predicted octanol–water partition coefficient (Wildman–Crippen LogP) is 2.51. The molecule has 1 rings (SSSR count). The summed E-state index contributed by atoms with van der Waals surface area (Å²) < 4.78 is 0. The quantitative estimate of drug-likeness (QED) is 0.694. The van der Waals surface area contributed by atoms with Crippen LogP contribution >= 0.6 is 0 Å². The van der Waals surface area contributed by atoms with Crippen LogP contribution in [-0.4, -0.2) is 28.7 Å². The molecule has 0 heterocycles. The molecule has 2 amide bonds. The molecule has 0 aromatic carbocycles. The highest BCUT2D eigenvalue weighted by molar-refractivity contribution is 5.75. The summed E-state index contributed by atoms with van der Waals surface area (Å²) >= 11 is 0. The second kappa shape index (κ2) is 6.78. The lowest BCUT2D eigenvalue weighted by atomic mass is 9.90. The minimum atomic E-state index is -0.755. The Hall–Kier alpha value is -1.26. The number of carbonyl (C=O) groups excluding carboxylic acids is 1. The van der Waals surface area contributed by atoms with Gasteiger partial charge in [0.15, 0.2) is 0 Å². The molecule has 0 saturated heterocycles. The molecule has 0 spiro atoms. The number of hydrogen-bond acceptors (Lipinski definition) is 2. The molecule has 0 aliphatic heterocycles. The summed E-state index contributed by atoms with van der Waals surface area (Å²) in [4.78, 5) is 22.9. The number of hydrogen-bond donors (Lipinski definition) is 3. The molecule has 0 unspecified atom stereocenters. The third-order valence-corrected chi connectivity index (χ3v) is 4.53. The Balaban J connectivity index is 2.46. The molecule has 5 nitrogen and oxygen atoms in total. The fourth-order valence-corrected chi connectivity index (χ4v) is 2.81. The molecule has 110 valence electrons. The Kier molecular flexibility index (Phi) is 5.63. The first kappa shape index (κ1) is 15.8. The van der Waals surface area contributed by atoms with Crippen LogP contribution in [0.2, 0.25) is 0 Å². The minimum absolute atomic E-state index is 0.00984. The summed E-state index contributed by atoms with van der Waals surface area (Å²) in [6.45, 7) is 6.22. The van der Waals surface area contributed by atoms with Crippen molar-refractivity contribution in [1.82, 2.24) is 10.6 Å². The van der Waals surface area contributed by atoms with E-state index < -0.39 is 5.97 Å². The maximum Gasteiger partial charge on any atom is 0.315 e. The zero-order valence-electron chi connectivity index (χ0n) is 12.2. The molecule has 1 fully saturated rings. The van der Waals surface area contributed by atoms with Gasteiger partial charge >= 0.3 is 12.0 Å². The monoisotopic (exact) mass is 270 g/mol. The van der Waals surface area contributed by atoms with Crippen LogP contribution in [0.4, 0.5) is 4.79 Å². The minimum Gasteiger partial charge on any atom is -0.481 e. The van der Waals surface area contributed by atoms with E-state index in [-0.39, 0.29) is 23.5 Å². The second-order valence-corrected chi connectivity index (χ2v) is 5.48. The molecular formula is C14H26N2O3. The normalized spacial score (nSPS) is 23.1. The van der Waals surface area contributed by atoms with Gasteiger partial charge in [0.05, 0.1) is 5.92 Å². The van der Waals surface area contributed by atoms with Gasteiger partial charge in [0.25, 0.3) is 0 Å². The van der Waals surface area contributed by atoms with Gasteiger partial charge in [0, 0.05) is 11.6 Å². The first-order valence-electron chi connectivity index (χ1n) is 7.27. The molecule has 1 saturated carbocycles. The standard InChI is InChI=1S/C14H26N2O3/c1-4-14(5-2,6-3)16-13(19)15-11-8-7-10(9-11)12(17)18/h10-11H,4-9H2,1-3H3,(H,17,18)(H2,15,16,19)/t10-,11+/m1/s1. The van der Waals surface area contributed by atoms with E-state index >= 15 is 0 Å². The van der Waals surface area contributed by atoms with Crippen LogP contribution in [-0.2, 0) is 4.79 Å². The number of carboxylic acids is 1. The van der Waals surface area contributed by atoms with Crippen LogP contribution in [0.15, 0.2) is 0 Å². The molecule has 0 aromatic heterocycles. The molecule has 2 atom stereocenters. The van der Waals surface area contributed by atoms with Gasteiger partial charge in [-0.15, -0.1) is 0 Å². The number of carbonyl (C=O) groups is 2. The first-order valence-corrected chi connectivity index (χ1v) is 7.27. The zero-order valence-corrected chi connectivity index (χ0v) is 12.2. The van der Waals surface area contributed by atoms with Crippen LogP contribution in [0.3, 0.4) is 0 Å². The Bertz CT molecular complexity index is 318. The zero-order chi connectivity index (χ0) is 14.5. The Morgan fingerprint density at radius 3 is 2.16 bits per heavy atom. The number of aliphatic carboxylic acids is 1. The Morgan fingerprint density at radius 1 is 1.16 bits per heavy atom. The van der Waals surface area contributed by atoms with Crippen LogP contribution in [0, 0.1) is 5.92 Å². The summed E-state index contributed by atoms with van der Waals surface area (Å²) in [6.07, 6.45) is 4.64. The van der Waals surface area contributed by atoms with Crippen LogP contribution in [0.1, 0.15) is 59.3 Å². The van der Waals surface area contributed by atoms with Crippen molar-refractivity contribution in [1.29, 1.82) is 0 Å². The van der Waals surface area contributed by atoms with E-state index in [4.69, 9.17) is 5.11 Å². The van der Waals surface area contributed by atoms with E-state index in [0.717, 1.165) is 25.7 Å². The molecule has 1 aliphatic carbocycles. The molecule has 0 bridgehead atoms. The van der Waals surface area contributed by atoms with E-state index in [2.05, 4.69) is 31.4 Å². The number of amides is 2. The van der Waals surface area contributed by atoms with Crippen LogP contribution in [0.5, 0.6) is 0 Å². The summed E-state index contributed by atoms with van der Waals surface area (Å²) in [5.74, 6) is -1.06.